The molecule has 0 unspecified atom stereocenters. The van der Waals surface area contributed by atoms with Crippen molar-refractivity contribution in [2.24, 2.45) is 5.73 Å². The molecule has 2 heterocycles. The summed E-state index contributed by atoms with van der Waals surface area (Å²) in [4.78, 5) is 0.998. The van der Waals surface area contributed by atoms with Gasteiger partial charge in [0.05, 0.1) is 5.02 Å². The molecule has 102 valence electrons. The predicted molar refractivity (Wildman–Crippen MR) is 81.3 cm³/mol. The molecule has 6 heteroatoms. The first-order valence-electron chi connectivity index (χ1n) is 6.24. The van der Waals surface area contributed by atoms with Gasteiger partial charge in [-0.1, -0.05) is 29.8 Å². The van der Waals surface area contributed by atoms with E-state index in [1.54, 1.807) is 0 Å². The largest absolute Gasteiger partial charge is 0.330 e. The Morgan fingerprint density at radius 2 is 2.05 bits per heavy atom. The molecule has 0 amide bonds. The molecule has 0 saturated carbocycles. The molecule has 2 N–H and O–H groups in total. The minimum Gasteiger partial charge on any atom is -0.330 e. The molecule has 2 aromatic heterocycles. The smallest absolute Gasteiger partial charge is 0.200 e. The van der Waals surface area contributed by atoms with Crippen molar-refractivity contribution in [2.75, 3.05) is 6.54 Å². The molecule has 0 saturated heterocycles. The normalized spacial score (nSPS) is 11.1. The van der Waals surface area contributed by atoms with E-state index in [0.717, 1.165) is 27.7 Å². The predicted octanol–water partition coefficient (Wildman–Crippen LogP) is 3.04. The molecule has 0 fully saturated rings. The van der Waals surface area contributed by atoms with Crippen LogP contribution in [0.2, 0.25) is 5.02 Å². The number of hydrogen-bond acceptors (Lipinski definition) is 4. The third kappa shape index (κ3) is 2.52. The van der Waals surface area contributed by atoms with Crippen LogP contribution in [0.3, 0.4) is 0 Å². The van der Waals surface area contributed by atoms with E-state index in [0.29, 0.717) is 11.6 Å². The minimum absolute atomic E-state index is 0.592. The lowest BCUT2D eigenvalue weighted by Gasteiger charge is -2.09. The number of halogens is 1. The van der Waals surface area contributed by atoms with Gasteiger partial charge in [0.1, 0.15) is 0 Å². The van der Waals surface area contributed by atoms with Gasteiger partial charge in [0.2, 0.25) is 0 Å². The second kappa shape index (κ2) is 5.83. The topological polar surface area (TPSA) is 56.2 Å². The fourth-order valence-corrected chi connectivity index (χ4v) is 3.29. The van der Waals surface area contributed by atoms with Crippen LogP contribution in [0.1, 0.15) is 5.56 Å². The Balaban J connectivity index is 2.02. The summed E-state index contributed by atoms with van der Waals surface area (Å²) in [5.74, 6) is 0. The molecule has 0 aliphatic rings. The first-order chi connectivity index (χ1) is 9.79. The number of pyridine rings is 1. The molecule has 20 heavy (non-hydrogen) atoms. The van der Waals surface area contributed by atoms with Crippen molar-refractivity contribution in [1.29, 1.82) is 0 Å². The molecular weight excluding hydrogens is 292 g/mol. The fourth-order valence-electron chi connectivity index (χ4n) is 2.00. The second-order valence-corrected chi connectivity index (χ2v) is 5.66. The van der Waals surface area contributed by atoms with Crippen molar-refractivity contribution in [1.82, 2.24) is 14.6 Å². The second-order valence-electron chi connectivity index (χ2n) is 4.28. The maximum atomic E-state index is 6.31. The number of benzene rings is 1. The summed E-state index contributed by atoms with van der Waals surface area (Å²) in [6, 6.07) is 11.7. The van der Waals surface area contributed by atoms with Gasteiger partial charge in [0.15, 0.2) is 10.8 Å². The van der Waals surface area contributed by atoms with Gasteiger partial charge in [-0.15, -0.1) is 10.2 Å². The standard InChI is InChI=1S/C14H13ClN4S/c15-11-5-3-4-10(7-8-16)13(11)20-14-18-17-12-6-1-2-9-19(12)14/h1-6,9H,7-8,16H2. The van der Waals surface area contributed by atoms with Crippen LogP contribution < -0.4 is 5.73 Å². The Morgan fingerprint density at radius 1 is 1.15 bits per heavy atom. The van der Waals surface area contributed by atoms with Crippen molar-refractivity contribution in [3.05, 3.63) is 53.2 Å². The van der Waals surface area contributed by atoms with Crippen LogP contribution in [0.25, 0.3) is 5.65 Å². The monoisotopic (exact) mass is 304 g/mol. The molecule has 0 aliphatic carbocycles. The Hall–Kier alpha value is -1.56. The lowest BCUT2D eigenvalue weighted by Crippen LogP contribution is -2.04. The SMILES string of the molecule is NCCc1cccc(Cl)c1Sc1nnc2ccccn12. The molecule has 3 aromatic rings. The third-order valence-electron chi connectivity index (χ3n) is 2.94. The zero-order chi connectivity index (χ0) is 13.9. The highest BCUT2D eigenvalue weighted by Crippen LogP contribution is 2.35. The van der Waals surface area contributed by atoms with E-state index >= 15 is 0 Å². The van der Waals surface area contributed by atoms with Crippen LogP contribution in [0, 0.1) is 0 Å². The highest BCUT2D eigenvalue weighted by atomic mass is 35.5. The highest BCUT2D eigenvalue weighted by molar-refractivity contribution is 7.99. The Bertz CT molecular complexity index is 741. The summed E-state index contributed by atoms with van der Waals surface area (Å²) >= 11 is 7.83. The number of hydrogen-bond donors (Lipinski definition) is 1. The van der Waals surface area contributed by atoms with Gasteiger partial charge in [-0.2, -0.15) is 0 Å². The van der Waals surface area contributed by atoms with Crippen LogP contribution in [-0.4, -0.2) is 21.1 Å². The summed E-state index contributed by atoms with van der Waals surface area (Å²) in [7, 11) is 0. The average Bonchev–Trinajstić information content (AvgIpc) is 2.86. The summed E-state index contributed by atoms with van der Waals surface area (Å²) < 4.78 is 1.94. The maximum Gasteiger partial charge on any atom is 0.200 e. The van der Waals surface area contributed by atoms with Gasteiger partial charge in [-0.25, -0.2) is 0 Å². The first-order valence-corrected chi connectivity index (χ1v) is 7.44. The Kier molecular flexibility index (Phi) is 3.91. The first kappa shape index (κ1) is 13.4. The summed E-state index contributed by atoms with van der Waals surface area (Å²) in [6.07, 6.45) is 2.73. The lowest BCUT2D eigenvalue weighted by atomic mass is 10.1. The molecule has 3 rings (SSSR count). The van der Waals surface area contributed by atoms with E-state index in [1.807, 2.05) is 47.0 Å². The van der Waals surface area contributed by atoms with Crippen molar-refractivity contribution >= 4 is 29.0 Å². The Labute approximate surface area is 126 Å². The van der Waals surface area contributed by atoms with E-state index in [1.165, 1.54) is 11.8 Å². The van der Waals surface area contributed by atoms with Crippen LogP contribution in [0.15, 0.2) is 52.6 Å². The van der Waals surface area contributed by atoms with Gasteiger partial charge in [0, 0.05) is 11.1 Å². The maximum absolute atomic E-state index is 6.31. The molecule has 0 aliphatic heterocycles. The number of nitrogens with zero attached hydrogens (tertiary/aromatic N) is 3. The van der Waals surface area contributed by atoms with E-state index < -0.39 is 0 Å². The number of aromatic nitrogens is 3. The van der Waals surface area contributed by atoms with Crippen LogP contribution in [0.4, 0.5) is 0 Å². The molecule has 1 aromatic carbocycles. The number of fused-ring (bicyclic) bond motifs is 1. The van der Waals surface area contributed by atoms with Crippen molar-refractivity contribution in [2.45, 2.75) is 16.5 Å². The van der Waals surface area contributed by atoms with Gasteiger partial charge >= 0.3 is 0 Å². The third-order valence-corrected chi connectivity index (χ3v) is 4.51. The zero-order valence-electron chi connectivity index (χ0n) is 10.7. The quantitative estimate of drug-likeness (QED) is 0.805. The van der Waals surface area contributed by atoms with E-state index in [-0.39, 0.29) is 0 Å². The number of rotatable bonds is 4. The van der Waals surface area contributed by atoms with Gasteiger partial charge in [0.25, 0.3) is 0 Å². The van der Waals surface area contributed by atoms with Crippen LogP contribution in [0.5, 0.6) is 0 Å². The van der Waals surface area contributed by atoms with E-state index in [4.69, 9.17) is 17.3 Å². The molecule has 0 atom stereocenters. The van der Waals surface area contributed by atoms with E-state index in [9.17, 15) is 0 Å². The van der Waals surface area contributed by atoms with Gasteiger partial charge < -0.3 is 5.73 Å². The highest BCUT2D eigenvalue weighted by Gasteiger charge is 2.12. The fraction of sp³-hybridized carbons (Fsp3) is 0.143. The molecule has 0 bridgehead atoms. The molecule has 4 nitrogen and oxygen atoms in total. The lowest BCUT2D eigenvalue weighted by molar-refractivity contribution is 0.912. The van der Waals surface area contributed by atoms with Crippen molar-refractivity contribution in [3.8, 4) is 0 Å². The molecular formula is C14H13ClN4S. The van der Waals surface area contributed by atoms with Crippen molar-refractivity contribution in [3.63, 3.8) is 0 Å². The van der Waals surface area contributed by atoms with Gasteiger partial charge in [-0.3, -0.25) is 4.40 Å². The molecule has 0 radical (unpaired) electrons. The molecule has 0 spiro atoms. The summed E-state index contributed by atoms with van der Waals surface area (Å²) in [6.45, 7) is 0.592. The summed E-state index contributed by atoms with van der Waals surface area (Å²) in [5, 5.41) is 9.88. The Morgan fingerprint density at radius 3 is 2.90 bits per heavy atom. The van der Waals surface area contributed by atoms with E-state index in [2.05, 4.69) is 10.2 Å². The zero-order valence-corrected chi connectivity index (χ0v) is 12.2. The summed E-state index contributed by atoms with van der Waals surface area (Å²) in [5.41, 5.74) is 7.62. The van der Waals surface area contributed by atoms with Crippen LogP contribution in [-0.2, 0) is 6.42 Å². The average molecular weight is 305 g/mol. The van der Waals surface area contributed by atoms with Crippen LogP contribution >= 0.6 is 23.4 Å². The number of nitrogens with two attached hydrogens (primary N) is 1. The van der Waals surface area contributed by atoms with Gasteiger partial charge in [-0.05, 0) is 48.5 Å². The minimum atomic E-state index is 0.592. The van der Waals surface area contributed by atoms with Crippen molar-refractivity contribution < 1.29 is 0 Å².